The van der Waals surface area contributed by atoms with E-state index in [1.54, 1.807) is 12.4 Å². The minimum absolute atomic E-state index is 0.0699. The first kappa shape index (κ1) is 10.1. The average molecular weight is 205 g/mol. The Balaban J connectivity index is 2.04. The van der Waals surface area contributed by atoms with Crippen LogP contribution in [0, 0.1) is 5.41 Å². The van der Waals surface area contributed by atoms with Crippen molar-refractivity contribution in [1.29, 1.82) is 0 Å². The van der Waals surface area contributed by atoms with Gasteiger partial charge in [0, 0.05) is 12.7 Å². The lowest BCUT2D eigenvalue weighted by molar-refractivity contribution is -0.123. The van der Waals surface area contributed by atoms with Gasteiger partial charge in [-0.05, 0) is 32.0 Å². The minimum Gasteiger partial charge on any atom is -0.324 e. The van der Waals surface area contributed by atoms with Crippen molar-refractivity contribution in [2.24, 2.45) is 5.41 Å². The van der Waals surface area contributed by atoms with Crippen LogP contribution < -0.4 is 10.6 Å². The van der Waals surface area contributed by atoms with Crippen molar-refractivity contribution in [3.63, 3.8) is 0 Å². The lowest BCUT2D eigenvalue weighted by atomic mass is 9.89. The number of anilines is 1. The smallest absolute Gasteiger partial charge is 0.231 e. The van der Waals surface area contributed by atoms with Crippen LogP contribution >= 0.6 is 0 Å². The van der Waals surface area contributed by atoms with Crippen molar-refractivity contribution in [2.45, 2.75) is 13.3 Å². The van der Waals surface area contributed by atoms with Crippen molar-refractivity contribution in [2.75, 3.05) is 18.4 Å². The van der Waals surface area contributed by atoms with Crippen LogP contribution in [0.15, 0.2) is 24.5 Å². The summed E-state index contributed by atoms with van der Waals surface area (Å²) in [6.45, 7) is 3.65. The van der Waals surface area contributed by atoms with Gasteiger partial charge in [0.1, 0.15) is 0 Å². The van der Waals surface area contributed by atoms with Crippen LogP contribution in [0.5, 0.6) is 0 Å². The fourth-order valence-electron chi connectivity index (χ4n) is 1.73. The van der Waals surface area contributed by atoms with Gasteiger partial charge in [0.05, 0.1) is 17.3 Å². The topological polar surface area (TPSA) is 54.0 Å². The highest BCUT2D eigenvalue weighted by Crippen LogP contribution is 2.26. The zero-order valence-electron chi connectivity index (χ0n) is 8.79. The summed E-state index contributed by atoms with van der Waals surface area (Å²) in [6, 6.07) is 3.65. The Kier molecular flexibility index (Phi) is 2.68. The van der Waals surface area contributed by atoms with E-state index in [9.17, 15) is 4.79 Å². The molecule has 1 saturated heterocycles. The van der Waals surface area contributed by atoms with E-state index in [1.807, 2.05) is 19.1 Å². The molecule has 4 nitrogen and oxygen atoms in total. The molecule has 1 unspecified atom stereocenters. The number of pyridine rings is 1. The van der Waals surface area contributed by atoms with Crippen molar-refractivity contribution in [3.8, 4) is 0 Å². The van der Waals surface area contributed by atoms with E-state index < -0.39 is 0 Å². The van der Waals surface area contributed by atoms with Gasteiger partial charge in [-0.25, -0.2) is 0 Å². The second kappa shape index (κ2) is 3.98. The Morgan fingerprint density at radius 3 is 3.13 bits per heavy atom. The van der Waals surface area contributed by atoms with E-state index in [1.165, 1.54) is 0 Å². The fraction of sp³-hybridized carbons (Fsp3) is 0.455. The predicted molar refractivity (Wildman–Crippen MR) is 58.5 cm³/mol. The van der Waals surface area contributed by atoms with Gasteiger partial charge in [0.25, 0.3) is 0 Å². The summed E-state index contributed by atoms with van der Waals surface area (Å²) in [4.78, 5) is 15.9. The van der Waals surface area contributed by atoms with Gasteiger partial charge in [-0.3, -0.25) is 9.78 Å². The molecule has 0 radical (unpaired) electrons. The number of aromatic nitrogens is 1. The maximum absolute atomic E-state index is 12.0. The normalized spacial score (nSPS) is 25.1. The van der Waals surface area contributed by atoms with Gasteiger partial charge in [0.15, 0.2) is 0 Å². The third-order valence-corrected chi connectivity index (χ3v) is 2.84. The molecule has 4 heteroatoms. The summed E-state index contributed by atoms with van der Waals surface area (Å²) in [5.74, 6) is 0.0699. The molecule has 1 aromatic rings. The molecular formula is C11H15N3O. The molecule has 1 atom stereocenters. The summed E-state index contributed by atoms with van der Waals surface area (Å²) >= 11 is 0. The maximum atomic E-state index is 12.0. The van der Waals surface area contributed by atoms with E-state index in [4.69, 9.17) is 0 Å². The Morgan fingerprint density at radius 1 is 1.67 bits per heavy atom. The second-order valence-electron chi connectivity index (χ2n) is 4.18. The zero-order valence-corrected chi connectivity index (χ0v) is 8.79. The van der Waals surface area contributed by atoms with E-state index in [0.29, 0.717) is 0 Å². The molecule has 2 rings (SSSR count). The number of rotatable bonds is 2. The molecule has 1 aromatic heterocycles. The molecule has 0 bridgehead atoms. The molecule has 0 spiro atoms. The number of nitrogens with one attached hydrogen (secondary N) is 2. The predicted octanol–water partition coefficient (Wildman–Crippen LogP) is 1.02. The van der Waals surface area contributed by atoms with E-state index in [0.717, 1.165) is 25.2 Å². The average Bonchev–Trinajstić information content (AvgIpc) is 2.68. The fourth-order valence-corrected chi connectivity index (χ4v) is 1.73. The van der Waals surface area contributed by atoms with Gasteiger partial charge >= 0.3 is 0 Å². The molecule has 0 saturated carbocycles. The molecule has 80 valence electrons. The van der Waals surface area contributed by atoms with Crippen LogP contribution in [0.3, 0.4) is 0 Å². The summed E-state index contributed by atoms with van der Waals surface area (Å²) < 4.78 is 0. The van der Waals surface area contributed by atoms with Gasteiger partial charge in [0.2, 0.25) is 5.91 Å². The molecule has 0 aromatic carbocycles. The van der Waals surface area contributed by atoms with Crippen LogP contribution in [-0.4, -0.2) is 24.0 Å². The lowest BCUT2D eigenvalue weighted by Gasteiger charge is -2.21. The highest BCUT2D eigenvalue weighted by molar-refractivity contribution is 5.95. The third kappa shape index (κ3) is 2.15. The molecule has 1 aliphatic heterocycles. The Morgan fingerprint density at radius 2 is 2.53 bits per heavy atom. The van der Waals surface area contributed by atoms with Crippen molar-refractivity contribution in [1.82, 2.24) is 10.3 Å². The minimum atomic E-state index is -0.282. The number of carbonyl (C=O) groups excluding carboxylic acids is 1. The van der Waals surface area contributed by atoms with Crippen molar-refractivity contribution in [3.05, 3.63) is 24.5 Å². The Hall–Kier alpha value is -1.42. The van der Waals surface area contributed by atoms with Gasteiger partial charge < -0.3 is 10.6 Å². The molecule has 1 fully saturated rings. The summed E-state index contributed by atoms with van der Waals surface area (Å²) in [7, 11) is 0. The first-order valence-electron chi connectivity index (χ1n) is 5.13. The van der Waals surface area contributed by atoms with Gasteiger partial charge in [-0.1, -0.05) is 0 Å². The second-order valence-corrected chi connectivity index (χ2v) is 4.18. The third-order valence-electron chi connectivity index (χ3n) is 2.84. The molecule has 0 aliphatic carbocycles. The van der Waals surface area contributed by atoms with E-state index >= 15 is 0 Å². The molecular weight excluding hydrogens is 190 g/mol. The molecule has 1 aliphatic rings. The first-order chi connectivity index (χ1) is 7.21. The number of nitrogens with zero attached hydrogens (tertiary/aromatic N) is 1. The summed E-state index contributed by atoms with van der Waals surface area (Å²) in [6.07, 6.45) is 4.23. The molecule has 2 heterocycles. The molecule has 2 N–H and O–H groups in total. The van der Waals surface area contributed by atoms with Crippen LogP contribution in [-0.2, 0) is 4.79 Å². The van der Waals surface area contributed by atoms with Crippen LogP contribution in [0.2, 0.25) is 0 Å². The number of hydrogen-bond acceptors (Lipinski definition) is 3. The Bertz CT molecular complexity index is 344. The van der Waals surface area contributed by atoms with Gasteiger partial charge in [-0.15, -0.1) is 0 Å². The van der Waals surface area contributed by atoms with Crippen LogP contribution in [0.25, 0.3) is 0 Å². The number of hydrogen-bond donors (Lipinski definition) is 2. The number of carbonyl (C=O) groups is 1. The molecule has 1 amide bonds. The highest BCUT2D eigenvalue weighted by Gasteiger charge is 2.36. The van der Waals surface area contributed by atoms with Gasteiger partial charge in [-0.2, -0.15) is 0 Å². The van der Waals surface area contributed by atoms with E-state index in [2.05, 4.69) is 15.6 Å². The van der Waals surface area contributed by atoms with E-state index in [-0.39, 0.29) is 11.3 Å². The van der Waals surface area contributed by atoms with Crippen molar-refractivity contribution < 1.29 is 4.79 Å². The van der Waals surface area contributed by atoms with Crippen LogP contribution in [0.4, 0.5) is 5.69 Å². The largest absolute Gasteiger partial charge is 0.324 e. The SMILES string of the molecule is CC1(C(=O)Nc2cccnc2)CCNC1. The highest BCUT2D eigenvalue weighted by atomic mass is 16.2. The Labute approximate surface area is 89.1 Å². The number of amides is 1. The maximum Gasteiger partial charge on any atom is 0.231 e. The molecule has 15 heavy (non-hydrogen) atoms. The monoisotopic (exact) mass is 205 g/mol. The first-order valence-corrected chi connectivity index (χ1v) is 5.13. The summed E-state index contributed by atoms with van der Waals surface area (Å²) in [5, 5.41) is 6.09. The van der Waals surface area contributed by atoms with Crippen molar-refractivity contribution >= 4 is 11.6 Å². The quantitative estimate of drug-likeness (QED) is 0.758. The van der Waals surface area contributed by atoms with Crippen LogP contribution in [0.1, 0.15) is 13.3 Å². The summed E-state index contributed by atoms with van der Waals surface area (Å²) in [5.41, 5.74) is 0.478. The zero-order chi connectivity index (χ0) is 10.7. The lowest BCUT2D eigenvalue weighted by Crippen LogP contribution is -2.35. The standard InChI is InChI=1S/C11H15N3O/c1-11(4-6-13-8-11)10(15)14-9-3-2-5-12-7-9/h2-3,5,7,13H,4,6,8H2,1H3,(H,14,15).